The van der Waals surface area contributed by atoms with Crippen molar-refractivity contribution in [3.63, 3.8) is 0 Å². The van der Waals surface area contributed by atoms with Crippen molar-refractivity contribution in [2.45, 2.75) is 32.3 Å². The number of rotatable bonds is 5. The normalized spacial score (nSPS) is 11.9. The van der Waals surface area contributed by atoms with Crippen molar-refractivity contribution in [1.29, 1.82) is 0 Å². The molecule has 0 aromatic carbocycles. The zero-order valence-corrected chi connectivity index (χ0v) is 9.84. The Morgan fingerprint density at radius 3 is 2.67 bits per heavy atom. The smallest absolute Gasteiger partial charge is 0.281 e. The van der Waals surface area contributed by atoms with Crippen molar-refractivity contribution in [1.82, 2.24) is 14.4 Å². The summed E-state index contributed by atoms with van der Waals surface area (Å²) < 4.78 is 24.9. The molecular weight excluding hydrogens is 218 g/mol. The van der Waals surface area contributed by atoms with Gasteiger partial charge in [-0.25, -0.2) is 13.4 Å². The summed E-state index contributed by atoms with van der Waals surface area (Å²) in [5.74, 6) is 0.661. The fourth-order valence-electron chi connectivity index (χ4n) is 1.11. The Hall–Kier alpha value is -0.920. The van der Waals surface area contributed by atoms with Crippen LogP contribution in [0.2, 0.25) is 0 Å². The molecule has 1 rings (SSSR count). The third-order valence-corrected chi connectivity index (χ3v) is 2.97. The monoisotopic (exact) mass is 233 g/mol. The van der Waals surface area contributed by atoms with Gasteiger partial charge in [0.25, 0.3) is 10.0 Å². The second kappa shape index (κ2) is 4.73. The zero-order chi connectivity index (χ0) is 11.5. The largest absolute Gasteiger partial charge is 0.334 e. The third kappa shape index (κ3) is 2.77. The van der Waals surface area contributed by atoms with E-state index in [4.69, 9.17) is 0 Å². The van der Waals surface area contributed by atoms with Gasteiger partial charge in [-0.2, -0.15) is 0 Å². The minimum absolute atomic E-state index is 0.0182. The van der Waals surface area contributed by atoms with Crippen molar-refractivity contribution in [3.8, 4) is 0 Å². The maximum atomic E-state index is 11.6. The molecule has 0 amide bonds. The van der Waals surface area contributed by atoms with Crippen molar-refractivity contribution in [2.24, 2.45) is 0 Å². The first-order valence-corrected chi connectivity index (χ1v) is 6.17. The van der Waals surface area contributed by atoms with E-state index >= 15 is 0 Å². The van der Waals surface area contributed by atoms with Crippen LogP contribution >= 0.6 is 0 Å². The van der Waals surface area contributed by atoms with Crippen LogP contribution in [0.4, 0.5) is 0 Å². The average molecular weight is 233 g/mol. The number of aryl methyl sites for hydroxylation is 2. The Labute approximate surface area is 89.3 Å². The number of sulfonamides is 1. The van der Waals surface area contributed by atoms with Crippen LogP contribution < -0.4 is 4.89 Å². The lowest BCUT2D eigenvalue weighted by molar-refractivity contribution is 0.105. The van der Waals surface area contributed by atoms with Gasteiger partial charge in [0.15, 0.2) is 5.03 Å². The lowest BCUT2D eigenvalue weighted by Crippen LogP contribution is -2.24. The van der Waals surface area contributed by atoms with Crippen molar-refractivity contribution in [2.75, 3.05) is 6.61 Å². The van der Waals surface area contributed by atoms with Crippen molar-refractivity contribution in [3.05, 3.63) is 12.0 Å². The van der Waals surface area contributed by atoms with Gasteiger partial charge in [0, 0.05) is 12.7 Å². The van der Waals surface area contributed by atoms with E-state index in [0.29, 0.717) is 12.4 Å². The summed E-state index contributed by atoms with van der Waals surface area (Å²) in [6.07, 6.45) is 1.48. The van der Waals surface area contributed by atoms with Crippen LogP contribution in [0.3, 0.4) is 0 Å². The molecular formula is C8H15N3O3S. The second-order valence-corrected chi connectivity index (χ2v) is 4.52. The van der Waals surface area contributed by atoms with Gasteiger partial charge in [-0.15, -0.1) is 0 Å². The van der Waals surface area contributed by atoms with E-state index in [9.17, 15) is 8.42 Å². The van der Waals surface area contributed by atoms with Crippen LogP contribution in [0.1, 0.15) is 19.7 Å². The van der Waals surface area contributed by atoms with Crippen LogP contribution in [-0.4, -0.2) is 24.6 Å². The van der Waals surface area contributed by atoms with Crippen LogP contribution in [0.5, 0.6) is 0 Å². The molecule has 1 N–H and O–H groups in total. The molecule has 1 aromatic rings. The van der Waals surface area contributed by atoms with E-state index in [2.05, 4.69) is 9.82 Å². The summed E-state index contributed by atoms with van der Waals surface area (Å²) in [7, 11) is -3.64. The molecule has 0 atom stereocenters. The molecule has 6 nitrogen and oxygen atoms in total. The van der Waals surface area contributed by atoms with Gasteiger partial charge >= 0.3 is 0 Å². The van der Waals surface area contributed by atoms with E-state index in [1.54, 1.807) is 18.4 Å². The molecule has 0 bridgehead atoms. The number of imidazole rings is 1. The van der Waals surface area contributed by atoms with Gasteiger partial charge in [-0.3, -0.25) is 4.84 Å². The maximum Gasteiger partial charge on any atom is 0.281 e. The number of nitrogens with one attached hydrogen (secondary N) is 1. The van der Waals surface area contributed by atoms with E-state index in [-0.39, 0.29) is 11.6 Å². The van der Waals surface area contributed by atoms with Crippen LogP contribution in [-0.2, 0) is 21.4 Å². The molecule has 1 heterocycles. The zero-order valence-electron chi connectivity index (χ0n) is 9.02. The third-order valence-electron chi connectivity index (χ3n) is 1.88. The van der Waals surface area contributed by atoms with Crippen molar-refractivity contribution >= 4 is 10.0 Å². The topological polar surface area (TPSA) is 73.2 Å². The summed E-state index contributed by atoms with van der Waals surface area (Å²) in [6, 6.07) is 0. The van der Waals surface area contributed by atoms with Gasteiger partial charge in [0.2, 0.25) is 0 Å². The quantitative estimate of drug-likeness (QED) is 0.749. The lowest BCUT2D eigenvalue weighted by Gasteiger charge is -2.01. The molecule has 0 saturated heterocycles. The van der Waals surface area contributed by atoms with E-state index in [1.165, 1.54) is 6.20 Å². The standard InChI is InChI=1S/C8H15N3O3S/c1-4-11-6-8(9-7(11)3)15(12,13)10-14-5-2/h6,10H,4-5H2,1-3H3. The highest BCUT2D eigenvalue weighted by Crippen LogP contribution is 2.08. The lowest BCUT2D eigenvalue weighted by atomic mass is 10.6. The number of aromatic nitrogens is 2. The Bertz CT molecular complexity index is 424. The van der Waals surface area contributed by atoms with Gasteiger partial charge in [-0.05, 0) is 20.8 Å². The first kappa shape index (κ1) is 12.2. The Morgan fingerprint density at radius 2 is 2.20 bits per heavy atom. The molecule has 15 heavy (non-hydrogen) atoms. The molecule has 0 unspecified atom stereocenters. The fourth-order valence-corrected chi connectivity index (χ4v) is 1.98. The van der Waals surface area contributed by atoms with Crippen molar-refractivity contribution < 1.29 is 13.3 Å². The molecule has 0 fully saturated rings. The van der Waals surface area contributed by atoms with Gasteiger partial charge in [0.1, 0.15) is 5.82 Å². The van der Waals surface area contributed by atoms with Crippen LogP contribution in [0.25, 0.3) is 0 Å². The molecule has 0 aliphatic rings. The summed E-state index contributed by atoms with van der Waals surface area (Å²) in [4.78, 5) is 10.6. The van der Waals surface area contributed by atoms with Gasteiger partial charge in [-0.1, -0.05) is 4.89 Å². The molecule has 0 saturated carbocycles. The second-order valence-electron chi connectivity index (χ2n) is 2.93. The molecule has 0 aliphatic carbocycles. The van der Waals surface area contributed by atoms with Crippen LogP contribution in [0, 0.1) is 6.92 Å². The summed E-state index contributed by atoms with van der Waals surface area (Å²) in [5, 5.41) is -0.0182. The molecule has 0 aliphatic heterocycles. The van der Waals surface area contributed by atoms with E-state index in [1.807, 2.05) is 11.8 Å². The molecule has 0 spiro atoms. The molecule has 86 valence electrons. The first-order chi connectivity index (χ1) is 7.01. The number of hydrogen-bond donors (Lipinski definition) is 1. The van der Waals surface area contributed by atoms with E-state index in [0.717, 1.165) is 0 Å². The highest BCUT2D eigenvalue weighted by molar-refractivity contribution is 7.89. The Kier molecular flexibility index (Phi) is 3.83. The molecule has 0 radical (unpaired) electrons. The molecule has 7 heteroatoms. The first-order valence-electron chi connectivity index (χ1n) is 4.68. The minimum atomic E-state index is -3.64. The summed E-state index contributed by atoms with van der Waals surface area (Å²) in [5.41, 5.74) is 0. The number of nitrogens with zero attached hydrogens (tertiary/aromatic N) is 2. The maximum absolute atomic E-state index is 11.6. The molecule has 1 aromatic heterocycles. The van der Waals surface area contributed by atoms with Gasteiger partial charge in [0.05, 0.1) is 6.61 Å². The number of hydrogen-bond acceptors (Lipinski definition) is 4. The highest BCUT2D eigenvalue weighted by atomic mass is 32.2. The van der Waals surface area contributed by atoms with Gasteiger partial charge < -0.3 is 4.57 Å². The fraction of sp³-hybridized carbons (Fsp3) is 0.625. The van der Waals surface area contributed by atoms with E-state index < -0.39 is 10.0 Å². The Morgan fingerprint density at radius 1 is 1.53 bits per heavy atom. The Balaban J connectivity index is 2.95. The summed E-state index contributed by atoms with van der Waals surface area (Å²) >= 11 is 0. The average Bonchev–Trinajstić information content (AvgIpc) is 2.57. The predicted molar refractivity (Wildman–Crippen MR) is 54.6 cm³/mol. The van der Waals surface area contributed by atoms with Crippen LogP contribution in [0.15, 0.2) is 11.2 Å². The summed E-state index contributed by atoms with van der Waals surface area (Å²) in [6.45, 7) is 6.32. The highest BCUT2D eigenvalue weighted by Gasteiger charge is 2.18. The SMILES string of the molecule is CCONS(=O)(=O)c1cn(CC)c(C)n1. The predicted octanol–water partition coefficient (Wildman–Crippen LogP) is 0.441. The minimum Gasteiger partial charge on any atom is -0.334 e.